The van der Waals surface area contributed by atoms with E-state index in [1.54, 1.807) is 24.3 Å². The normalized spacial score (nSPS) is 12.1. The number of hydrogen-bond donors (Lipinski definition) is 1. The van der Waals surface area contributed by atoms with Gasteiger partial charge in [-0.15, -0.1) is 0 Å². The molecule has 0 amide bonds. The van der Waals surface area contributed by atoms with E-state index in [0.717, 1.165) is 18.2 Å². The molecule has 0 fully saturated rings. The molecule has 1 heterocycles. The zero-order valence-corrected chi connectivity index (χ0v) is 12.5. The zero-order chi connectivity index (χ0) is 17.3. The number of hydrogen-bond acceptors (Lipinski definition) is 4. The number of benzene rings is 2. The average Bonchev–Trinajstić information content (AvgIpc) is 2.54. The molecule has 3 aromatic rings. The maximum Gasteiger partial charge on any atom is 0.344 e. The zero-order valence-electron chi connectivity index (χ0n) is 12.5. The summed E-state index contributed by atoms with van der Waals surface area (Å²) in [6.45, 7) is 1.45. The van der Waals surface area contributed by atoms with Gasteiger partial charge in [-0.2, -0.15) is 0 Å². The van der Waals surface area contributed by atoms with E-state index in [4.69, 9.17) is 4.74 Å². The SMILES string of the molecule is C[C@H](OC(=O)c1c(F)cccc1F)c1nc2ccccc2c(=O)[nH]1. The van der Waals surface area contributed by atoms with Crippen LogP contribution in [0.25, 0.3) is 10.9 Å². The van der Waals surface area contributed by atoms with Crippen molar-refractivity contribution < 1.29 is 18.3 Å². The monoisotopic (exact) mass is 330 g/mol. The second kappa shape index (κ2) is 6.19. The van der Waals surface area contributed by atoms with Crippen molar-refractivity contribution in [2.45, 2.75) is 13.0 Å². The predicted molar refractivity (Wildman–Crippen MR) is 82.6 cm³/mol. The molecule has 0 aliphatic carbocycles. The minimum atomic E-state index is -1.17. The number of halogens is 2. The van der Waals surface area contributed by atoms with Crippen LogP contribution in [0.3, 0.4) is 0 Å². The molecule has 2 aromatic carbocycles. The van der Waals surface area contributed by atoms with E-state index in [9.17, 15) is 18.4 Å². The molecule has 3 rings (SSSR count). The number of rotatable bonds is 3. The number of carbonyl (C=O) groups excluding carboxylic acids is 1. The summed E-state index contributed by atoms with van der Waals surface area (Å²) in [4.78, 5) is 30.7. The van der Waals surface area contributed by atoms with E-state index in [1.807, 2.05) is 0 Å². The lowest BCUT2D eigenvalue weighted by Gasteiger charge is -2.13. The Balaban J connectivity index is 1.91. The van der Waals surface area contributed by atoms with Gasteiger partial charge in [0.1, 0.15) is 17.2 Å². The molecular formula is C17H12F2N2O3. The summed E-state index contributed by atoms with van der Waals surface area (Å²) in [6.07, 6.45) is -0.992. The van der Waals surface area contributed by atoms with Gasteiger partial charge in [-0.1, -0.05) is 18.2 Å². The van der Waals surface area contributed by atoms with Crippen LogP contribution in [-0.2, 0) is 4.74 Å². The molecule has 1 aromatic heterocycles. The highest BCUT2D eigenvalue weighted by Crippen LogP contribution is 2.19. The second-order valence-electron chi connectivity index (χ2n) is 5.11. The van der Waals surface area contributed by atoms with Crippen LogP contribution in [0.5, 0.6) is 0 Å². The summed E-state index contributed by atoms with van der Waals surface area (Å²) in [7, 11) is 0. The molecule has 0 radical (unpaired) electrons. The lowest BCUT2D eigenvalue weighted by atomic mass is 10.2. The molecule has 122 valence electrons. The van der Waals surface area contributed by atoms with Crippen LogP contribution in [0.1, 0.15) is 29.2 Å². The van der Waals surface area contributed by atoms with Gasteiger partial charge >= 0.3 is 5.97 Å². The number of para-hydroxylation sites is 1. The Labute approximate surface area is 134 Å². The number of aromatic nitrogens is 2. The van der Waals surface area contributed by atoms with E-state index in [-0.39, 0.29) is 5.82 Å². The first-order chi connectivity index (χ1) is 11.5. The molecule has 1 atom stereocenters. The summed E-state index contributed by atoms with van der Waals surface area (Å²) < 4.78 is 32.3. The van der Waals surface area contributed by atoms with E-state index < -0.39 is 34.8 Å². The highest BCUT2D eigenvalue weighted by atomic mass is 19.1. The molecule has 0 bridgehead atoms. The number of fused-ring (bicyclic) bond motifs is 1. The summed E-state index contributed by atoms with van der Waals surface area (Å²) in [5.74, 6) is -3.13. The first-order valence-electron chi connectivity index (χ1n) is 7.11. The van der Waals surface area contributed by atoms with Crippen LogP contribution in [-0.4, -0.2) is 15.9 Å². The van der Waals surface area contributed by atoms with E-state index >= 15 is 0 Å². The molecule has 0 aliphatic heterocycles. The van der Waals surface area contributed by atoms with Crippen molar-refractivity contribution in [2.24, 2.45) is 0 Å². The third-order valence-corrected chi connectivity index (χ3v) is 3.47. The standard InChI is InChI=1S/C17H12F2N2O3/c1-9(24-17(23)14-11(18)6-4-7-12(14)19)15-20-13-8-3-2-5-10(13)16(22)21-15/h2-9H,1H3,(H,20,21,22)/t9-/m0/s1. The Morgan fingerprint density at radius 3 is 2.50 bits per heavy atom. The fourth-order valence-electron chi connectivity index (χ4n) is 2.27. The van der Waals surface area contributed by atoms with Crippen LogP contribution >= 0.6 is 0 Å². The van der Waals surface area contributed by atoms with Crippen molar-refractivity contribution in [3.63, 3.8) is 0 Å². The maximum absolute atomic E-state index is 13.6. The Morgan fingerprint density at radius 2 is 1.79 bits per heavy atom. The quantitative estimate of drug-likeness (QED) is 0.749. The Hall–Kier alpha value is -3.09. The van der Waals surface area contributed by atoms with Crippen molar-refractivity contribution in [3.05, 3.63) is 75.8 Å². The second-order valence-corrected chi connectivity index (χ2v) is 5.11. The number of aromatic amines is 1. The molecule has 0 saturated carbocycles. The number of ether oxygens (including phenoxy) is 1. The summed E-state index contributed by atoms with van der Waals surface area (Å²) >= 11 is 0. The minimum Gasteiger partial charge on any atom is -0.451 e. The lowest BCUT2D eigenvalue weighted by molar-refractivity contribution is 0.0309. The molecular weight excluding hydrogens is 318 g/mol. The highest BCUT2D eigenvalue weighted by molar-refractivity contribution is 5.90. The van der Waals surface area contributed by atoms with Crippen LogP contribution < -0.4 is 5.56 Å². The van der Waals surface area contributed by atoms with Crippen LogP contribution in [0, 0.1) is 11.6 Å². The van der Waals surface area contributed by atoms with Crippen molar-refractivity contribution in [1.29, 1.82) is 0 Å². The lowest BCUT2D eigenvalue weighted by Crippen LogP contribution is -2.18. The molecule has 0 unspecified atom stereocenters. The Kier molecular flexibility index (Phi) is 4.07. The largest absolute Gasteiger partial charge is 0.451 e. The Bertz CT molecular complexity index is 965. The number of H-pyrrole nitrogens is 1. The van der Waals surface area contributed by atoms with Crippen molar-refractivity contribution in [1.82, 2.24) is 9.97 Å². The predicted octanol–water partition coefficient (Wildman–Crippen LogP) is 3.12. The number of esters is 1. The van der Waals surface area contributed by atoms with Gasteiger partial charge in [0.15, 0.2) is 11.9 Å². The average molecular weight is 330 g/mol. The van der Waals surface area contributed by atoms with Gasteiger partial charge < -0.3 is 9.72 Å². The fraction of sp³-hybridized carbons (Fsp3) is 0.118. The summed E-state index contributed by atoms with van der Waals surface area (Å²) in [5, 5.41) is 0.389. The minimum absolute atomic E-state index is 0.0868. The molecule has 1 N–H and O–H groups in total. The van der Waals surface area contributed by atoms with Crippen LogP contribution in [0.2, 0.25) is 0 Å². The molecule has 5 nitrogen and oxygen atoms in total. The molecule has 24 heavy (non-hydrogen) atoms. The van der Waals surface area contributed by atoms with E-state index in [1.165, 1.54) is 6.92 Å². The first kappa shape index (κ1) is 15.8. The van der Waals surface area contributed by atoms with Gasteiger partial charge in [-0.25, -0.2) is 18.6 Å². The fourth-order valence-corrected chi connectivity index (χ4v) is 2.27. The van der Waals surface area contributed by atoms with Gasteiger partial charge in [-0.05, 0) is 31.2 Å². The smallest absolute Gasteiger partial charge is 0.344 e. The maximum atomic E-state index is 13.6. The van der Waals surface area contributed by atoms with Gasteiger partial charge in [0.2, 0.25) is 0 Å². The number of carbonyl (C=O) groups is 1. The molecule has 0 aliphatic rings. The number of nitrogens with one attached hydrogen (secondary N) is 1. The topological polar surface area (TPSA) is 72.0 Å². The van der Waals surface area contributed by atoms with E-state index in [0.29, 0.717) is 10.9 Å². The molecule has 7 heteroatoms. The van der Waals surface area contributed by atoms with Gasteiger partial charge in [0.05, 0.1) is 10.9 Å². The molecule has 0 saturated heterocycles. The Morgan fingerprint density at radius 1 is 1.12 bits per heavy atom. The highest BCUT2D eigenvalue weighted by Gasteiger charge is 2.22. The van der Waals surface area contributed by atoms with Crippen LogP contribution in [0.4, 0.5) is 8.78 Å². The van der Waals surface area contributed by atoms with Crippen LogP contribution in [0.15, 0.2) is 47.3 Å². The van der Waals surface area contributed by atoms with Crippen molar-refractivity contribution in [2.75, 3.05) is 0 Å². The van der Waals surface area contributed by atoms with Gasteiger partial charge in [0, 0.05) is 0 Å². The third-order valence-electron chi connectivity index (χ3n) is 3.47. The van der Waals surface area contributed by atoms with Gasteiger partial charge in [0.25, 0.3) is 5.56 Å². The summed E-state index contributed by atoms with van der Waals surface area (Å²) in [6, 6.07) is 9.72. The van der Waals surface area contributed by atoms with Gasteiger partial charge in [-0.3, -0.25) is 4.79 Å². The summed E-state index contributed by atoms with van der Waals surface area (Å²) in [5.41, 5.74) is -0.751. The molecule has 0 spiro atoms. The first-order valence-corrected chi connectivity index (χ1v) is 7.11. The third kappa shape index (κ3) is 2.88. The van der Waals surface area contributed by atoms with Crippen molar-refractivity contribution in [3.8, 4) is 0 Å². The van der Waals surface area contributed by atoms with Crippen molar-refractivity contribution >= 4 is 16.9 Å². The van der Waals surface area contributed by atoms with E-state index in [2.05, 4.69) is 9.97 Å². The number of nitrogens with zero attached hydrogens (tertiary/aromatic N) is 1.